The monoisotopic (exact) mass is 385 g/mol. The average molecular weight is 386 g/mol. The molecule has 1 N–H and O–H groups in total. The lowest BCUT2D eigenvalue weighted by atomic mass is 9.97. The predicted octanol–water partition coefficient (Wildman–Crippen LogP) is 4.25. The van der Waals surface area contributed by atoms with E-state index in [9.17, 15) is 4.79 Å². The first kappa shape index (κ1) is 20.2. The van der Waals surface area contributed by atoms with Gasteiger partial charge in [0, 0.05) is 24.2 Å². The fourth-order valence-corrected chi connectivity index (χ4v) is 3.82. The van der Waals surface area contributed by atoms with Gasteiger partial charge in [-0.1, -0.05) is 32.6 Å². The molecule has 0 aliphatic carbocycles. The number of benzene rings is 1. The number of aromatic nitrogens is 2. The van der Waals surface area contributed by atoms with Gasteiger partial charge in [0.25, 0.3) is 0 Å². The summed E-state index contributed by atoms with van der Waals surface area (Å²) in [6, 6.07) is 6.22. The Morgan fingerprint density at radius 1 is 1.14 bits per heavy atom. The highest BCUT2D eigenvalue weighted by Gasteiger charge is 2.21. The third-order valence-electron chi connectivity index (χ3n) is 5.39. The van der Waals surface area contributed by atoms with Crippen molar-refractivity contribution in [2.75, 3.05) is 19.5 Å². The van der Waals surface area contributed by atoms with Crippen molar-refractivity contribution >= 4 is 5.82 Å². The van der Waals surface area contributed by atoms with Crippen LogP contribution in [0.1, 0.15) is 51.5 Å². The Balaban J connectivity index is 1.88. The zero-order valence-electron chi connectivity index (χ0n) is 17.4. The minimum absolute atomic E-state index is 0.210. The number of anilines is 1. The number of hydrogen-bond acceptors (Lipinski definition) is 5. The third-order valence-corrected chi connectivity index (χ3v) is 5.39. The molecule has 0 spiro atoms. The standard InChI is InChI=1S/C22H31N3O3/c1-5-6-7-8-9-15(2)23-21-14-18-17-13-20(28-4)19(27-3)12-16(17)10-11-25(18)22(26)24-21/h12-15H,5-11H2,1-4H3,(H,23,24,26)/t15-/m0/s1. The molecule has 1 aliphatic heterocycles. The smallest absolute Gasteiger partial charge is 0.349 e. The molecule has 0 saturated carbocycles. The van der Waals surface area contributed by atoms with E-state index in [4.69, 9.17) is 9.47 Å². The molecule has 1 atom stereocenters. The van der Waals surface area contributed by atoms with Crippen LogP contribution in [0.4, 0.5) is 5.82 Å². The van der Waals surface area contributed by atoms with E-state index in [2.05, 4.69) is 24.1 Å². The van der Waals surface area contributed by atoms with E-state index in [1.165, 1.54) is 25.7 Å². The first-order valence-electron chi connectivity index (χ1n) is 10.2. The van der Waals surface area contributed by atoms with Crippen molar-refractivity contribution < 1.29 is 9.47 Å². The summed E-state index contributed by atoms with van der Waals surface area (Å²) >= 11 is 0. The summed E-state index contributed by atoms with van der Waals surface area (Å²) in [7, 11) is 3.26. The summed E-state index contributed by atoms with van der Waals surface area (Å²) in [5.41, 5.74) is 2.82. The van der Waals surface area contributed by atoms with Crippen LogP contribution in [0.25, 0.3) is 11.3 Å². The summed E-state index contributed by atoms with van der Waals surface area (Å²) in [6.07, 6.45) is 6.78. The molecule has 2 aromatic rings. The molecule has 0 amide bonds. The van der Waals surface area contributed by atoms with Crippen molar-refractivity contribution in [2.45, 2.75) is 65.0 Å². The molecule has 152 valence electrons. The van der Waals surface area contributed by atoms with Crippen LogP contribution in [-0.2, 0) is 13.0 Å². The molecule has 2 heterocycles. The predicted molar refractivity (Wildman–Crippen MR) is 113 cm³/mol. The zero-order valence-corrected chi connectivity index (χ0v) is 17.4. The SMILES string of the molecule is CCCCCC[C@H](C)Nc1cc2n(c(=O)n1)CCc1cc(OC)c(OC)cc1-2. The van der Waals surface area contributed by atoms with Crippen LogP contribution >= 0.6 is 0 Å². The average Bonchev–Trinajstić information content (AvgIpc) is 2.70. The van der Waals surface area contributed by atoms with E-state index in [0.29, 0.717) is 23.9 Å². The first-order chi connectivity index (χ1) is 13.6. The molecule has 6 heteroatoms. The number of rotatable bonds is 9. The van der Waals surface area contributed by atoms with Crippen LogP contribution in [0, 0.1) is 0 Å². The number of ether oxygens (including phenoxy) is 2. The Bertz CT molecular complexity index is 876. The number of fused-ring (bicyclic) bond motifs is 3. The Hall–Kier alpha value is -2.50. The highest BCUT2D eigenvalue weighted by atomic mass is 16.5. The largest absolute Gasteiger partial charge is 0.493 e. The van der Waals surface area contributed by atoms with E-state index < -0.39 is 0 Å². The zero-order chi connectivity index (χ0) is 20.1. The summed E-state index contributed by atoms with van der Waals surface area (Å²) in [4.78, 5) is 16.9. The van der Waals surface area contributed by atoms with Crippen LogP contribution in [0.3, 0.4) is 0 Å². The Morgan fingerprint density at radius 2 is 1.89 bits per heavy atom. The molecule has 0 bridgehead atoms. The van der Waals surface area contributed by atoms with Crippen molar-refractivity contribution in [3.05, 3.63) is 34.2 Å². The Kier molecular flexibility index (Phi) is 6.60. The van der Waals surface area contributed by atoms with E-state index in [1.807, 2.05) is 18.2 Å². The third kappa shape index (κ3) is 4.32. The summed E-state index contributed by atoms with van der Waals surface area (Å²) in [5, 5.41) is 3.41. The number of nitrogens with zero attached hydrogens (tertiary/aromatic N) is 2. The molecule has 1 aliphatic rings. The van der Waals surface area contributed by atoms with Gasteiger partial charge in [0.15, 0.2) is 11.5 Å². The fraction of sp³-hybridized carbons (Fsp3) is 0.545. The van der Waals surface area contributed by atoms with Crippen molar-refractivity contribution in [1.29, 1.82) is 0 Å². The minimum Gasteiger partial charge on any atom is -0.493 e. The molecular weight excluding hydrogens is 354 g/mol. The number of nitrogens with one attached hydrogen (secondary N) is 1. The van der Waals surface area contributed by atoms with Crippen molar-refractivity contribution in [3.63, 3.8) is 0 Å². The van der Waals surface area contributed by atoms with E-state index in [0.717, 1.165) is 29.7 Å². The van der Waals surface area contributed by atoms with Crippen molar-refractivity contribution in [3.8, 4) is 22.8 Å². The number of unbranched alkanes of at least 4 members (excludes halogenated alkanes) is 3. The van der Waals surface area contributed by atoms with Gasteiger partial charge in [-0.2, -0.15) is 4.98 Å². The highest BCUT2D eigenvalue weighted by molar-refractivity contribution is 5.71. The van der Waals surface area contributed by atoms with Crippen LogP contribution in [-0.4, -0.2) is 29.8 Å². The molecule has 6 nitrogen and oxygen atoms in total. The fourth-order valence-electron chi connectivity index (χ4n) is 3.82. The van der Waals surface area contributed by atoms with Crippen LogP contribution in [0.5, 0.6) is 11.5 Å². The topological polar surface area (TPSA) is 65.4 Å². The molecular formula is C22H31N3O3. The highest BCUT2D eigenvalue weighted by Crippen LogP contribution is 2.38. The van der Waals surface area contributed by atoms with Crippen LogP contribution in [0.15, 0.2) is 23.0 Å². The minimum atomic E-state index is -0.210. The van der Waals surface area contributed by atoms with Crippen molar-refractivity contribution in [1.82, 2.24) is 9.55 Å². The number of aryl methyl sites for hydroxylation is 1. The molecule has 0 radical (unpaired) electrons. The van der Waals surface area contributed by atoms with Gasteiger partial charge in [-0.25, -0.2) is 4.79 Å². The van der Waals surface area contributed by atoms with E-state index in [-0.39, 0.29) is 11.7 Å². The number of hydrogen-bond donors (Lipinski definition) is 1. The van der Waals surface area contributed by atoms with Gasteiger partial charge in [-0.15, -0.1) is 0 Å². The van der Waals surface area contributed by atoms with E-state index in [1.54, 1.807) is 18.8 Å². The maximum atomic E-state index is 12.6. The maximum absolute atomic E-state index is 12.6. The summed E-state index contributed by atoms with van der Waals surface area (Å²) < 4.78 is 12.6. The quantitative estimate of drug-likeness (QED) is 0.654. The maximum Gasteiger partial charge on any atom is 0.349 e. The molecule has 0 unspecified atom stereocenters. The molecule has 0 saturated heterocycles. The van der Waals surface area contributed by atoms with Crippen molar-refractivity contribution in [2.24, 2.45) is 0 Å². The first-order valence-corrected chi connectivity index (χ1v) is 10.2. The molecule has 28 heavy (non-hydrogen) atoms. The second-order valence-electron chi connectivity index (χ2n) is 7.47. The van der Waals surface area contributed by atoms with Gasteiger partial charge in [0.1, 0.15) is 5.82 Å². The summed E-state index contributed by atoms with van der Waals surface area (Å²) in [5.74, 6) is 2.02. The Labute approximate surface area is 166 Å². The normalized spacial score (nSPS) is 13.4. The van der Waals surface area contributed by atoms with Gasteiger partial charge >= 0.3 is 5.69 Å². The van der Waals surface area contributed by atoms with E-state index >= 15 is 0 Å². The summed E-state index contributed by atoms with van der Waals surface area (Å²) in [6.45, 7) is 4.98. The second-order valence-corrected chi connectivity index (χ2v) is 7.47. The lowest BCUT2D eigenvalue weighted by Gasteiger charge is -2.24. The second kappa shape index (κ2) is 9.13. The molecule has 3 rings (SSSR count). The Morgan fingerprint density at radius 3 is 2.61 bits per heavy atom. The lowest BCUT2D eigenvalue weighted by molar-refractivity contribution is 0.354. The van der Waals surface area contributed by atoms with Crippen LogP contribution < -0.4 is 20.5 Å². The van der Waals surface area contributed by atoms with Crippen LogP contribution in [0.2, 0.25) is 0 Å². The molecule has 1 aromatic heterocycles. The van der Waals surface area contributed by atoms with Gasteiger partial charge < -0.3 is 14.8 Å². The van der Waals surface area contributed by atoms with Gasteiger partial charge in [-0.05, 0) is 37.5 Å². The lowest BCUT2D eigenvalue weighted by Crippen LogP contribution is -2.30. The van der Waals surface area contributed by atoms with Gasteiger partial charge in [-0.3, -0.25) is 4.57 Å². The van der Waals surface area contributed by atoms with Gasteiger partial charge in [0.2, 0.25) is 0 Å². The molecule has 1 aromatic carbocycles. The molecule has 0 fully saturated rings. The number of methoxy groups -OCH3 is 2. The van der Waals surface area contributed by atoms with Gasteiger partial charge in [0.05, 0.1) is 19.9 Å².